The molecule has 0 spiro atoms. The topological polar surface area (TPSA) is 38.1 Å². The summed E-state index contributed by atoms with van der Waals surface area (Å²) in [6.45, 7) is 2.88. The van der Waals surface area contributed by atoms with Crippen molar-refractivity contribution in [3.63, 3.8) is 0 Å². The summed E-state index contributed by atoms with van der Waals surface area (Å²) in [7, 11) is 0. The van der Waals surface area contributed by atoms with Crippen molar-refractivity contribution in [3.05, 3.63) is 65.5 Å². The zero-order valence-corrected chi connectivity index (χ0v) is 11.6. The molecule has 3 aromatic rings. The average Bonchev–Trinajstić information content (AvgIpc) is 2.83. The Bertz CT molecular complexity index is 716. The van der Waals surface area contributed by atoms with Gasteiger partial charge in [-0.15, -0.1) is 0 Å². The Balaban J connectivity index is 1.95. The molecule has 0 aliphatic rings. The number of benzene rings is 2. The van der Waals surface area contributed by atoms with Gasteiger partial charge in [0.1, 0.15) is 12.4 Å². The molecule has 3 nitrogen and oxygen atoms in total. The predicted octanol–water partition coefficient (Wildman–Crippen LogP) is 3.08. The Hall–Kier alpha value is -2.13. The van der Waals surface area contributed by atoms with E-state index in [0.29, 0.717) is 0 Å². The van der Waals surface area contributed by atoms with Crippen molar-refractivity contribution in [2.24, 2.45) is 0 Å². The molecule has 1 aromatic heterocycles. The van der Waals surface area contributed by atoms with Crippen LogP contribution in [0.4, 0.5) is 0 Å². The Morgan fingerprint density at radius 2 is 1.90 bits per heavy atom. The van der Waals surface area contributed by atoms with Crippen LogP contribution < -0.4 is 0 Å². The molecule has 3 rings (SSSR count). The van der Waals surface area contributed by atoms with Gasteiger partial charge in [-0.25, -0.2) is 4.98 Å². The molecule has 3 heteroatoms. The molecule has 0 bridgehead atoms. The number of aliphatic hydroxyl groups excluding tert-OH is 1. The highest BCUT2D eigenvalue weighted by Gasteiger charge is 2.09. The average molecular weight is 266 g/mol. The van der Waals surface area contributed by atoms with Gasteiger partial charge in [0.15, 0.2) is 0 Å². The molecule has 0 radical (unpaired) electrons. The van der Waals surface area contributed by atoms with Crippen LogP contribution in [0.2, 0.25) is 0 Å². The van der Waals surface area contributed by atoms with Crippen LogP contribution in [0.25, 0.3) is 11.0 Å². The Labute approximate surface area is 118 Å². The number of fused-ring (bicyclic) bond motifs is 1. The van der Waals surface area contributed by atoms with E-state index in [9.17, 15) is 5.11 Å². The highest BCUT2D eigenvalue weighted by Crippen LogP contribution is 2.19. The quantitative estimate of drug-likeness (QED) is 0.788. The molecule has 20 heavy (non-hydrogen) atoms. The number of nitrogens with zero attached hydrogens (tertiary/aromatic N) is 2. The SMILES string of the molecule is Cc1ccc2nc(CO)n(CCc3ccccc3)c2c1. The molecule has 0 unspecified atom stereocenters. The van der Waals surface area contributed by atoms with Crippen LogP contribution in [0.5, 0.6) is 0 Å². The van der Waals surface area contributed by atoms with Gasteiger partial charge in [-0.2, -0.15) is 0 Å². The van der Waals surface area contributed by atoms with Gasteiger partial charge in [-0.1, -0.05) is 36.4 Å². The van der Waals surface area contributed by atoms with Crippen LogP contribution in [-0.4, -0.2) is 14.7 Å². The summed E-state index contributed by atoms with van der Waals surface area (Å²) in [4.78, 5) is 4.50. The first kappa shape index (κ1) is 12.9. The molecule has 0 atom stereocenters. The highest BCUT2D eigenvalue weighted by atomic mass is 16.3. The first-order valence-electron chi connectivity index (χ1n) is 6.88. The molecule has 0 aliphatic carbocycles. The summed E-state index contributed by atoms with van der Waals surface area (Å²) in [5.74, 6) is 0.738. The van der Waals surface area contributed by atoms with Gasteiger partial charge in [0.05, 0.1) is 11.0 Å². The molecule has 0 fully saturated rings. The lowest BCUT2D eigenvalue weighted by molar-refractivity contribution is 0.266. The lowest BCUT2D eigenvalue weighted by atomic mass is 10.1. The number of rotatable bonds is 4. The van der Waals surface area contributed by atoms with Crippen molar-refractivity contribution in [2.45, 2.75) is 26.5 Å². The van der Waals surface area contributed by atoms with Crippen LogP contribution in [0, 0.1) is 6.92 Å². The minimum atomic E-state index is -0.0253. The molecular weight excluding hydrogens is 248 g/mol. The molecule has 1 heterocycles. The maximum atomic E-state index is 9.50. The van der Waals surface area contributed by atoms with E-state index in [4.69, 9.17) is 0 Å². The Kier molecular flexibility index (Phi) is 3.52. The van der Waals surface area contributed by atoms with E-state index in [1.54, 1.807) is 0 Å². The zero-order valence-electron chi connectivity index (χ0n) is 11.6. The summed E-state index contributed by atoms with van der Waals surface area (Å²) in [5, 5.41) is 9.50. The number of aryl methyl sites for hydroxylation is 3. The van der Waals surface area contributed by atoms with Gasteiger partial charge in [0, 0.05) is 6.54 Å². The summed E-state index contributed by atoms with van der Waals surface area (Å²) in [6, 6.07) is 16.6. The van der Waals surface area contributed by atoms with Gasteiger partial charge in [-0.05, 0) is 36.6 Å². The second-order valence-electron chi connectivity index (χ2n) is 5.07. The molecule has 0 saturated heterocycles. The lowest BCUT2D eigenvalue weighted by Gasteiger charge is -2.08. The fourth-order valence-corrected chi connectivity index (χ4v) is 2.54. The number of aromatic nitrogens is 2. The van der Waals surface area contributed by atoms with E-state index < -0.39 is 0 Å². The minimum absolute atomic E-state index is 0.0253. The van der Waals surface area contributed by atoms with Crippen LogP contribution >= 0.6 is 0 Å². The van der Waals surface area contributed by atoms with Crippen LogP contribution in [0.3, 0.4) is 0 Å². The summed E-state index contributed by atoms with van der Waals surface area (Å²) >= 11 is 0. The van der Waals surface area contributed by atoms with E-state index >= 15 is 0 Å². The van der Waals surface area contributed by atoms with Crippen molar-refractivity contribution >= 4 is 11.0 Å². The molecule has 0 aliphatic heterocycles. The first-order valence-corrected chi connectivity index (χ1v) is 6.88. The van der Waals surface area contributed by atoms with Crippen molar-refractivity contribution in [2.75, 3.05) is 0 Å². The Morgan fingerprint density at radius 3 is 2.65 bits per heavy atom. The molecule has 0 saturated carbocycles. The summed E-state index contributed by atoms with van der Waals surface area (Å²) in [6.07, 6.45) is 0.938. The number of imidazole rings is 1. The van der Waals surface area contributed by atoms with Crippen LogP contribution in [-0.2, 0) is 19.6 Å². The van der Waals surface area contributed by atoms with Gasteiger partial charge < -0.3 is 9.67 Å². The van der Waals surface area contributed by atoms with Gasteiger partial charge in [0.2, 0.25) is 0 Å². The van der Waals surface area contributed by atoms with E-state index in [1.165, 1.54) is 11.1 Å². The summed E-state index contributed by atoms with van der Waals surface area (Å²) in [5.41, 5.74) is 4.56. The van der Waals surface area contributed by atoms with Crippen LogP contribution in [0.1, 0.15) is 17.0 Å². The maximum Gasteiger partial charge on any atom is 0.135 e. The maximum absolute atomic E-state index is 9.50. The fourth-order valence-electron chi connectivity index (χ4n) is 2.54. The number of hydrogen-bond acceptors (Lipinski definition) is 2. The van der Waals surface area contributed by atoms with Crippen molar-refractivity contribution < 1.29 is 5.11 Å². The van der Waals surface area contributed by atoms with Crippen molar-refractivity contribution in [3.8, 4) is 0 Å². The number of hydrogen-bond donors (Lipinski definition) is 1. The predicted molar refractivity (Wildman–Crippen MR) is 80.5 cm³/mol. The molecule has 2 aromatic carbocycles. The van der Waals surface area contributed by atoms with Gasteiger partial charge in [0.25, 0.3) is 0 Å². The number of aliphatic hydroxyl groups is 1. The molecule has 1 N–H and O–H groups in total. The van der Waals surface area contributed by atoms with Gasteiger partial charge >= 0.3 is 0 Å². The van der Waals surface area contributed by atoms with Crippen LogP contribution in [0.15, 0.2) is 48.5 Å². The largest absolute Gasteiger partial charge is 0.388 e. The smallest absolute Gasteiger partial charge is 0.135 e. The fraction of sp³-hybridized carbons (Fsp3) is 0.235. The third-order valence-electron chi connectivity index (χ3n) is 3.59. The normalized spacial score (nSPS) is 11.1. The zero-order chi connectivity index (χ0) is 13.9. The van der Waals surface area contributed by atoms with E-state index in [1.807, 2.05) is 12.1 Å². The van der Waals surface area contributed by atoms with E-state index in [0.717, 1.165) is 29.8 Å². The molecular formula is C17H18N2O. The highest BCUT2D eigenvalue weighted by molar-refractivity contribution is 5.76. The first-order chi connectivity index (χ1) is 9.78. The standard InChI is InChI=1S/C17H18N2O/c1-13-7-8-15-16(11-13)19(17(12-20)18-15)10-9-14-5-3-2-4-6-14/h2-8,11,20H,9-10,12H2,1H3. The second kappa shape index (κ2) is 5.47. The third-order valence-corrected chi connectivity index (χ3v) is 3.59. The third kappa shape index (κ3) is 2.45. The van der Waals surface area contributed by atoms with Gasteiger partial charge in [-0.3, -0.25) is 0 Å². The summed E-state index contributed by atoms with van der Waals surface area (Å²) < 4.78 is 2.12. The second-order valence-corrected chi connectivity index (χ2v) is 5.07. The van der Waals surface area contributed by atoms with E-state index in [2.05, 4.69) is 52.9 Å². The monoisotopic (exact) mass is 266 g/mol. The lowest BCUT2D eigenvalue weighted by Crippen LogP contribution is -2.06. The van der Waals surface area contributed by atoms with Crippen molar-refractivity contribution in [1.82, 2.24) is 9.55 Å². The molecule has 102 valence electrons. The minimum Gasteiger partial charge on any atom is -0.388 e. The molecule has 0 amide bonds. The van der Waals surface area contributed by atoms with Crippen molar-refractivity contribution in [1.29, 1.82) is 0 Å². The van der Waals surface area contributed by atoms with E-state index in [-0.39, 0.29) is 6.61 Å². The Morgan fingerprint density at radius 1 is 1.10 bits per heavy atom.